The Morgan fingerprint density at radius 3 is 2.17 bits per heavy atom. The minimum Gasteiger partial charge on any atom is -0.399 e. The second-order valence-electron chi connectivity index (χ2n) is 6.19. The van der Waals surface area contributed by atoms with Crippen LogP contribution >= 0.6 is 0 Å². The van der Waals surface area contributed by atoms with E-state index >= 15 is 0 Å². The topological polar surface area (TPSA) is 55.3 Å². The molecule has 1 aliphatic heterocycles. The Balaban J connectivity index is 1.98. The molecule has 0 bridgehead atoms. The van der Waals surface area contributed by atoms with Crippen molar-refractivity contribution in [2.75, 3.05) is 23.4 Å². The summed E-state index contributed by atoms with van der Waals surface area (Å²) < 4.78 is 13.4. The molecule has 4 N–H and O–H groups in total. The van der Waals surface area contributed by atoms with E-state index in [0.29, 0.717) is 5.69 Å². The fourth-order valence-electron chi connectivity index (χ4n) is 3.52. The fraction of sp³-hybridized carbons (Fsp3) is 0.100. The molecule has 0 fully saturated rings. The zero-order chi connectivity index (χ0) is 16.8. The Hall–Kier alpha value is -3.01. The van der Waals surface area contributed by atoms with Gasteiger partial charge in [-0.25, -0.2) is 4.39 Å². The van der Waals surface area contributed by atoms with E-state index in [0.717, 1.165) is 33.6 Å². The molecule has 0 radical (unpaired) electrons. The maximum atomic E-state index is 13.4. The smallest absolute Gasteiger partial charge is 0.123 e. The second kappa shape index (κ2) is 5.27. The highest BCUT2D eigenvalue weighted by atomic mass is 19.1. The van der Waals surface area contributed by atoms with Crippen molar-refractivity contribution < 1.29 is 4.39 Å². The van der Waals surface area contributed by atoms with Crippen molar-refractivity contribution in [3.05, 3.63) is 77.6 Å². The van der Waals surface area contributed by atoms with Gasteiger partial charge in [0.25, 0.3) is 0 Å². The third-order valence-corrected chi connectivity index (χ3v) is 4.64. The second-order valence-corrected chi connectivity index (χ2v) is 6.19. The van der Waals surface area contributed by atoms with Crippen molar-refractivity contribution in [2.45, 2.75) is 6.04 Å². The molecule has 0 aliphatic carbocycles. The van der Waals surface area contributed by atoms with Crippen LogP contribution in [0, 0.1) is 5.82 Å². The number of nitrogen functional groups attached to an aromatic ring is 2. The molecule has 0 saturated heterocycles. The van der Waals surface area contributed by atoms with E-state index in [9.17, 15) is 4.39 Å². The number of rotatable bonds is 1. The number of benzene rings is 3. The lowest BCUT2D eigenvalue weighted by molar-refractivity contribution is 0.625. The van der Waals surface area contributed by atoms with Gasteiger partial charge in [0, 0.05) is 29.7 Å². The summed E-state index contributed by atoms with van der Waals surface area (Å²) in [4.78, 5) is 2.17. The highest BCUT2D eigenvalue weighted by Gasteiger charge is 2.30. The number of anilines is 3. The standard InChI is InChI=1S/C20H18FN3/c1-24-19-11-15(23)7-9-17(19)16-8-6-14(22)10-18(16)20(24)12-2-4-13(21)5-3-12/h2-11,20H,22-23H2,1H3/i1-1. The monoisotopic (exact) mass is 318 g/mol. The van der Waals surface area contributed by atoms with Gasteiger partial charge < -0.3 is 16.4 Å². The predicted molar refractivity (Wildman–Crippen MR) is 97.3 cm³/mol. The van der Waals surface area contributed by atoms with Crippen molar-refractivity contribution in [1.82, 2.24) is 0 Å². The van der Waals surface area contributed by atoms with Gasteiger partial charge >= 0.3 is 0 Å². The number of hydrogen-bond donors (Lipinski definition) is 2. The van der Waals surface area contributed by atoms with Gasteiger partial charge in [0.05, 0.1) is 6.04 Å². The Kier molecular flexibility index (Phi) is 3.20. The minimum absolute atomic E-state index is 0.0431. The molecule has 4 heteroatoms. The first-order chi connectivity index (χ1) is 11.5. The Morgan fingerprint density at radius 2 is 1.46 bits per heavy atom. The van der Waals surface area contributed by atoms with Crippen LogP contribution in [0.1, 0.15) is 17.2 Å². The number of fused-ring (bicyclic) bond motifs is 3. The Labute approximate surface area is 140 Å². The van der Waals surface area contributed by atoms with Gasteiger partial charge in [-0.1, -0.05) is 24.3 Å². The van der Waals surface area contributed by atoms with E-state index in [2.05, 4.69) is 4.90 Å². The molecule has 1 aliphatic rings. The van der Waals surface area contributed by atoms with E-state index in [1.807, 2.05) is 55.6 Å². The molecule has 3 nitrogen and oxygen atoms in total. The van der Waals surface area contributed by atoms with Gasteiger partial charge in [0.15, 0.2) is 0 Å². The van der Waals surface area contributed by atoms with Crippen molar-refractivity contribution in [3.63, 3.8) is 0 Å². The van der Waals surface area contributed by atoms with Crippen LogP contribution in [0.3, 0.4) is 0 Å². The average molecular weight is 318 g/mol. The molecule has 1 unspecified atom stereocenters. The van der Waals surface area contributed by atoms with Crippen LogP contribution in [0.25, 0.3) is 11.1 Å². The van der Waals surface area contributed by atoms with Crippen molar-refractivity contribution in [1.29, 1.82) is 0 Å². The highest BCUT2D eigenvalue weighted by molar-refractivity contribution is 5.88. The van der Waals surface area contributed by atoms with Gasteiger partial charge in [-0.15, -0.1) is 0 Å². The Bertz CT molecular complexity index is 919. The van der Waals surface area contributed by atoms with Crippen molar-refractivity contribution in [2.24, 2.45) is 0 Å². The maximum Gasteiger partial charge on any atom is 0.123 e. The van der Waals surface area contributed by atoms with E-state index in [-0.39, 0.29) is 11.9 Å². The van der Waals surface area contributed by atoms with Crippen LogP contribution in [0.2, 0.25) is 0 Å². The van der Waals surface area contributed by atoms with Gasteiger partial charge in [-0.2, -0.15) is 0 Å². The van der Waals surface area contributed by atoms with Crippen molar-refractivity contribution >= 4 is 17.1 Å². The number of nitrogens with two attached hydrogens (primary N) is 2. The van der Waals surface area contributed by atoms with Crippen LogP contribution in [0.5, 0.6) is 0 Å². The molecule has 1 heterocycles. The first-order valence-electron chi connectivity index (χ1n) is 7.82. The highest BCUT2D eigenvalue weighted by Crippen LogP contribution is 2.47. The molecule has 4 rings (SSSR count). The van der Waals surface area contributed by atoms with E-state index in [1.165, 1.54) is 12.1 Å². The molecule has 120 valence electrons. The predicted octanol–water partition coefficient (Wildman–Crippen LogP) is 4.20. The van der Waals surface area contributed by atoms with Gasteiger partial charge in [-0.05, 0) is 53.1 Å². The normalized spacial score (nSPS) is 15.8. The van der Waals surface area contributed by atoms with E-state index in [4.69, 9.17) is 11.5 Å². The summed E-state index contributed by atoms with van der Waals surface area (Å²) in [6, 6.07) is 18.5. The van der Waals surface area contributed by atoms with E-state index < -0.39 is 0 Å². The summed E-state index contributed by atoms with van der Waals surface area (Å²) in [5, 5.41) is 0. The summed E-state index contributed by atoms with van der Waals surface area (Å²) in [6.45, 7) is 0. The molecule has 1 atom stereocenters. The molecule has 24 heavy (non-hydrogen) atoms. The fourth-order valence-corrected chi connectivity index (χ4v) is 3.52. The summed E-state index contributed by atoms with van der Waals surface area (Å²) in [7, 11) is 2.03. The molecule has 0 aromatic heterocycles. The van der Waals surface area contributed by atoms with Crippen LogP contribution in [0.15, 0.2) is 60.7 Å². The third-order valence-electron chi connectivity index (χ3n) is 4.64. The van der Waals surface area contributed by atoms with Gasteiger partial charge in [0.1, 0.15) is 5.82 Å². The number of halogens is 1. The summed E-state index contributed by atoms with van der Waals surface area (Å²) >= 11 is 0. The lowest BCUT2D eigenvalue weighted by Crippen LogP contribution is -2.29. The maximum absolute atomic E-state index is 13.4. The molecule has 3 aromatic carbocycles. The number of nitrogens with zero attached hydrogens (tertiary/aromatic N) is 1. The van der Waals surface area contributed by atoms with Crippen LogP contribution in [0.4, 0.5) is 21.5 Å². The van der Waals surface area contributed by atoms with Crippen molar-refractivity contribution in [3.8, 4) is 11.1 Å². The molecule has 0 amide bonds. The van der Waals surface area contributed by atoms with E-state index in [1.54, 1.807) is 0 Å². The zero-order valence-corrected chi connectivity index (χ0v) is 13.3. The first-order valence-corrected chi connectivity index (χ1v) is 7.82. The lowest BCUT2D eigenvalue weighted by Gasteiger charge is -2.38. The molecular weight excluding hydrogens is 300 g/mol. The average Bonchev–Trinajstić information content (AvgIpc) is 2.57. The first kappa shape index (κ1) is 14.6. The van der Waals surface area contributed by atoms with Crippen LogP contribution in [-0.4, -0.2) is 7.05 Å². The van der Waals surface area contributed by atoms with Crippen LogP contribution in [-0.2, 0) is 0 Å². The molecular formula is C20H18FN3. The zero-order valence-electron chi connectivity index (χ0n) is 13.3. The van der Waals surface area contributed by atoms with Crippen LogP contribution < -0.4 is 16.4 Å². The SMILES string of the molecule is [11CH3]N1c2cc(N)ccc2-c2ccc(N)cc2C1c1ccc(F)cc1. The molecule has 0 spiro atoms. The van der Waals surface area contributed by atoms with Gasteiger partial charge in [-0.3, -0.25) is 0 Å². The third kappa shape index (κ3) is 2.19. The molecule has 0 saturated carbocycles. The van der Waals surface area contributed by atoms with Gasteiger partial charge in [0.2, 0.25) is 0 Å². The summed E-state index contributed by atoms with van der Waals surface area (Å²) in [5.41, 5.74) is 18.9. The largest absolute Gasteiger partial charge is 0.399 e. The quantitative estimate of drug-likeness (QED) is 0.661. The minimum atomic E-state index is -0.241. The molecule has 3 aromatic rings. The Morgan fingerprint density at radius 1 is 0.833 bits per heavy atom. The summed E-state index contributed by atoms with van der Waals surface area (Å²) in [5.74, 6) is -0.241. The number of hydrogen-bond acceptors (Lipinski definition) is 3. The summed E-state index contributed by atoms with van der Waals surface area (Å²) in [6.07, 6.45) is 0. The lowest BCUT2D eigenvalue weighted by atomic mass is 9.83.